The molecule has 1 aliphatic rings. The molecule has 5 atom stereocenters. The molecule has 0 saturated carbocycles. The van der Waals surface area contributed by atoms with Crippen molar-refractivity contribution in [1.29, 1.82) is 0 Å². The number of carbonyl (C=O) groups is 1. The number of rotatable bonds is 11. The van der Waals surface area contributed by atoms with Gasteiger partial charge < -0.3 is 24.8 Å². The van der Waals surface area contributed by atoms with Gasteiger partial charge in [-0.25, -0.2) is 9.36 Å². The molecule has 3 aromatic rings. The minimum Gasteiger partial charge on any atom is -0.459 e. The smallest absolute Gasteiger partial charge is 0.459 e. The Kier molecular flexibility index (Phi) is 9.79. The van der Waals surface area contributed by atoms with E-state index in [2.05, 4.69) is 0 Å². The normalized spacial score (nSPS) is 23.6. The maximum Gasteiger partial charge on any atom is 0.477 e. The second kappa shape index (κ2) is 13.2. The van der Waals surface area contributed by atoms with Gasteiger partial charge in [-0.1, -0.05) is 78.9 Å². The molecule has 1 saturated heterocycles. The highest BCUT2D eigenvalue weighted by Gasteiger charge is 2.48. The topological polar surface area (TPSA) is 141 Å². The third-order valence-corrected chi connectivity index (χ3v) is 7.11. The third-order valence-electron chi connectivity index (χ3n) is 5.75. The number of phosphoric ester groups is 1. The minimum absolute atomic E-state index is 0.140. The average Bonchev–Trinajstić information content (AvgIpc) is 2.96. The molecule has 0 aromatic heterocycles. The first-order chi connectivity index (χ1) is 18.3. The zero-order valence-corrected chi connectivity index (χ0v) is 21.2. The van der Waals surface area contributed by atoms with E-state index in [1.807, 2.05) is 12.1 Å². The van der Waals surface area contributed by atoms with Gasteiger partial charge in [0.15, 0.2) is 6.29 Å². The molecule has 0 bridgehead atoms. The summed E-state index contributed by atoms with van der Waals surface area (Å²) < 4.78 is 41.0. The molecule has 0 radical (unpaired) electrons. The van der Waals surface area contributed by atoms with Crippen LogP contribution in [0, 0.1) is 0 Å². The lowest BCUT2D eigenvalue weighted by molar-refractivity contribution is -0.281. The van der Waals surface area contributed by atoms with Crippen LogP contribution in [0.5, 0.6) is 0 Å². The van der Waals surface area contributed by atoms with Crippen LogP contribution in [0.4, 0.5) is 0 Å². The van der Waals surface area contributed by atoms with Crippen molar-refractivity contribution >= 4 is 13.8 Å². The lowest BCUT2D eigenvalue weighted by Gasteiger charge is -2.40. The Morgan fingerprint density at radius 2 is 1.24 bits per heavy atom. The van der Waals surface area contributed by atoms with Crippen LogP contribution in [0.15, 0.2) is 91.0 Å². The van der Waals surface area contributed by atoms with Crippen LogP contribution >= 0.6 is 7.82 Å². The lowest BCUT2D eigenvalue weighted by atomic mass is 9.99. The van der Waals surface area contributed by atoms with E-state index >= 15 is 0 Å². The molecule has 0 aliphatic carbocycles. The summed E-state index contributed by atoms with van der Waals surface area (Å²) in [4.78, 5) is 12.3. The number of esters is 1. The number of hydrogen-bond acceptors (Lipinski definition) is 10. The van der Waals surface area contributed by atoms with Crippen LogP contribution < -0.4 is 0 Å². The van der Waals surface area contributed by atoms with Gasteiger partial charge in [-0.15, -0.1) is 0 Å². The van der Waals surface area contributed by atoms with Crippen molar-refractivity contribution < 1.29 is 47.7 Å². The Labute approximate surface area is 219 Å². The highest BCUT2D eigenvalue weighted by Crippen LogP contribution is 2.53. The number of aliphatic hydroxyl groups excluding tert-OH is 3. The van der Waals surface area contributed by atoms with Gasteiger partial charge in [0.05, 0.1) is 18.8 Å². The number of benzene rings is 3. The number of aliphatic hydroxyl groups is 3. The van der Waals surface area contributed by atoms with Crippen molar-refractivity contribution in [2.24, 2.45) is 0 Å². The standard InChI is InChI=1S/C27H29O10P/c28-23-22(18-33-26(31)21-14-8-3-9-15-21)36-27(25(30)24(23)29)37-38(32,34-16-19-10-4-1-5-11-19)35-17-20-12-6-2-7-13-20/h1-15,22-25,27-30H,16-18H2/t22-,23+,24+,25+,27-/m1/s1. The van der Waals surface area contributed by atoms with Crippen LogP contribution in [0.25, 0.3) is 0 Å². The second-order valence-electron chi connectivity index (χ2n) is 8.55. The van der Waals surface area contributed by atoms with Crippen molar-refractivity contribution in [3.05, 3.63) is 108 Å². The fourth-order valence-corrected chi connectivity index (χ4v) is 4.88. The maximum absolute atomic E-state index is 13.6. The Bertz CT molecular complexity index is 1150. The van der Waals surface area contributed by atoms with Gasteiger partial charge in [0.1, 0.15) is 31.0 Å². The number of carbonyl (C=O) groups excluding carboxylic acids is 1. The molecule has 1 aliphatic heterocycles. The van der Waals surface area contributed by atoms with E-state index < -0.39 is 51.1 Å². The maximum atomic E-state index is 13.6. The summed E-state index contributed by atoms with van der Waals surface area (Å²) in [6.07, 6.45) is -8.22. The third kappa shape index (κ3) is 7.57. The monoisotopic (exact) mass is 544 g/mol. The molecule has 11 heteroatoms. The van der Waals surface area contributed by atoms with Crippen molar-refractivity contribution in [2.75, 3.05) is 6.61 Å². The summed E-state index contributed by atoms with van der Waals surface area (Å²) in [5.74, 6) is -0.678. The van der Waals surface area contributed by atoms with Crippen LogP contribution in [0.3, 0.4) is 0 Å². The summed E-state index contributed by atoms with van der Waals surface area (Å²) >= 11 is 0. The van der Waals surface area contributed by atoms with Crippen molar-refractivity contribution in [3.8, 4) is 0 Å². The lowest BCUT2D eigenvalue weighted by Crippen LogP contribution is -2.59. The van der Waals surface area contributed by atoms with Crippen molar-refractivity contribution in [1.82, 2.24) is 0 Å². The van der Waals surface area contributed by atoms with Gasteiger partial charge in [0.2, 0.25) is 0 Å². The fraction of sp³-hybridized carbons (Fsp3) is 0.296. The van der Waals surface area contributed by atoms with E-state index in [1.165, 1.54) is 0 Å². The Balaban J connectivity index is 1.45. The molecule has 10 nitrogen and oxygen atoms in total. The predicted octanol–water partition coefficient (Wildman–Crippen LogP) is 3.21. The molecule has 3 N–H and O–H groups in total. The first-order valence-electron chi connectivity index (χ1n) is 11.9. The van der Waals surface area contributed by atoms with E-state index in [-0.39, 0.29) is 18.8 Å². The van der Waals surface area contributed by atoms with Crippen LogP contribution in [0.1, 0.15) is 21.5 Å². The van der Waals surface area contributed by atoms with E-state index in [0.717, 1.165) is 0 Å². The molecule has 4 rings (SSSR count). The Hall–Kier alpha value is -2.92. The van der Waals surface area contributed by atoms with Crippen LogP contribution in [-0.2, 0) is 40.8 Å². The number of phosphoric acid groups is 1. The molecular weight excluding hydrogens is 515 g/mol. The Morgan fingerprint density at radius 1 is 0.737 bits per heavy atom. The first kappa shape index (κ1) is 28.1. The first-order valence-corrected chi connectivity index (χ1v) is 13.4. The van der Waals surface area contributed by atoms with E-state index in [4.69, 9.17) is 23.0 Å². The van der Waals surface area contributed by atoms with Gasteiger partial charge in [0.25, 0.3) is 0 Å². The predicted molar refractivity (Wildman–Crippen MR) is 135 cm³/mol. The minimum atomic E-state index is -4.40. The average molecular weight is 544 g/mol. The highest BCUT2D eigenvalue weighted by atomic mass is 31.2. The van der Waals surface area contributed by atoms with Gasteiger partial charge >= 0.3 is 13.8 Å². The molecule has 3 aromatic carbocycles. The van der Waals surface area contributed by atoms with Crippen molar-refractivity contribution in [2.45, 2.75) is 43.9 Å². The quantitative estimate of drug-likeness (QED) is 0.243. The van der Waals surface area contributed by atoms with Gasteiger partial charge in [-0.3, -0.25) is 13.6 Å². The zero-order chi connectivity index (χ0) is 27.0. The molecule has 0 amide bonds. The summed E-state index contributed by atoms with van der Waals surface area (Å²) in [6, 6.07) is 25.9. The van der Waals surface area contributed by atoms with E-state index in [1.54, 1.807) is 78.9 Å². The number of ether oxygens (including phenoxy) is 2. The highest BCUT2D eigenvalue weighted by molar-refractivity contribution is 7.48. The van der Waals surface area contributed by atoms with E-state index in [0.29, 0.717) is 11.1 Å². The fourth-order valence-electron chi connectivity index (χ4n) is 3.64. The van der Waals surface area contributed by atoms with E-state index in [9.17, 15) is 24.7 Å². The summed E-state index contributed by atoms with van der Waals surface area (Å²) in [5, 5.41) is 31.3. The van der Waals surface area contributed by atoms with Gasteiger partial charge in [0, 0.05) is 0 Å². The summed E-state index contributed by atoms with van der Waals surface area (Å²) in [7, 11) is -4.40. The molecule has 1 heterocycles. The molecule has 0 spiro atoms. The van der Waals surface area contributed by atoms with Crippen molar-refractivity contribution in [3.63, 3.8) is 0 Å². The summed E-state index contributed by atoms with van der Waals surface area (Å²) in [6.45, 7) is -0.753. The molecule has 1 fully saturated rings. The second-order valence-corrected chi connectivity index (χ2v) is 10.2. The number of hydrogen-bond donors (Lipinski definition) is 3. The molecule has 202 valence electrons. The molecule has 38 heavy (non-hydrogen) atoms. The largest absolute Gasteiger partial charge is 0.477 e. The zero-order valence-electron chi connectivity index (χ0n) is 20.3. The SMILES string of the molecule is O=C(OC[C@H]1O[C@H](OP(=O)(OCc2ccccc2)OCc2ccccc2)[C@@H](O)[C@@H](O)[C@H]1O)c1ccccc1. The Morgan fingerprint density at radius 3 is 1.76 bits per heavy atom. The van der Waals surface area contributed by atoms with Crippen LogP contribution in [0.2, 0.25) is 0 Å². The molecular formula is C27H29O10P. The van der Waals surface area contributed by atoms with Crippen LogP contribution in [-0.4, -0.2) is 58.6 Å². The summed E-state index contributed by atoms with van der Waals surface area (Å²) in [5.41, 5.74) is 1.65. The molecule has 0 unspecified atom stereocenters. The van der Waals surface area contributed by atoms with Gasteiger partial charge in [-0.05, 0) is 23.3 Å². The van der Waals surface area contributed by atoms with Gasteiger partial charge in [-0.2, -0.15) is 0 Å².